The summed E-state index contributed by atoms with van der Waals surface area (Å²) in [6.07, 6.45) is -1.20. The summed E-state index contributed by atoms with van der Waals surface area (Å²) in [6.45, 7) is 2.33. The highest BCUT2D eigenvalue weighted by Gasteiger charge is 2.38. The summed E-state index contributed by atoms with van der Waals surface area (Å²) in [5.74, 6) is 0. The van der Waals surface area contributed by atoms with Crippen molar-refractivity contribution in [1.29, 1.82) is 0 Å². The Morgan fingerprint density at radius 3 is 2.59 bits per heavy atom. The molecule has 9 nitrogen and oxygen atoms in total. The summed E-state index contributed by atoms with van der Waals surface area (Å²) in [5, 5.41) is 11.8. The maximum absolute atomic E-state index is 13.0. The van der Waals surface area contributed by atoms with Crippen LogP contribution in [0, 0.1) is 0 Å². The summed E-state index contributed by atoms with van der Waals surface area (Å²) in [6, 6.07) is 2.99. The molecule has 0 aliphatic carbocycles. The molecule has 1 fully saturated rings. The molecule has 0 atom stereocenters. The Hall–Kier alpha value is -2.22. The molecule has 3 aromatic rings. The number of fused-ring (bicyclic) bond motifs is 1. The number of halogens is 2. The van der Waals surface area contributed by atoms with Crippen molar-refractivity contribution in [3.05, 3.63) is 23.3 Å². The number of nitrogens with one attached hydrogen (secondary N) is 1. The third kappa shape index (κ3) is 3.58. The van der Waals surface area contributed by atoms with Crippen LogP contribution in [0.2, 0.25) is 0 Å². The molecule has 0 amide bonds. The van der Waals surface area contributed by atoms with Crippen LogP contribution in [0.1, 0.15) is 18.4 Å². The Bertz CT molecular complexity index is 1170. The Labute approximate surface area is 169 Å². The molecule has 1 N–H and O–H groups in total. The van der Waals surface area contributed by atoms with Gasteiger partial charge in [-0.1, -0.05) is 11.3 Å². The second kappa shape index (κ2) is 6.93. The molecule has 3 heterocycles. The molecule has 29 heavy (non-hydrogen) atoms. The highest BCUT2D eigenvalue weighted by Crippen LogP contribution is 2.33. The van der Waals surface area contributed by atoms with Crippen molar-refractivity contribution in [2.45, 2.75) is 23.8 Å². The second-order valence-electron chi connectivity index (χ2n) is 7.21. The first-order valence-corrected chi connectivity index (χ1v) is 10.8. The number of alkyl halides is 2. The number of rotatable bonds is 6. The number of anilines is 1. The molecule has 2 aromatic heterocycles. The fraction of sp³-hybridized carbons (Fsp3) is 0.438. The van der Waals surface area contributed by atoms with Gasteiger partial charge in [0.15, 0.2) is 5.01 Å². The lowest BCUT2D eigenvalue weighted by molar-refractivity contribution is -0.0523. The summed E-state index contributed by atoms with van der Waals surface area (Å²) >= 11 is 0.697. The molecule has 0 unspecified atom stereocenters. The van der Waals surface area contributed by atoms with E-state index in [1.807, 2.05) is 0 Å². The lowest BCUT2D eigenvalue weighted by Gasteiger charge is -2.38. The van der Waals surface area contributed by atoms with Crippen LogP contribution in [0.3, 0.4) is 0 Å². The molecule has 13 heteroatoms. The maximum Gasteiger partial charge on any atom is 0.291 e. The van der Waals surface area contributed by atoms with Crippen molar-refractivity contribution in [3.8, 4) is 5.13 Å². The number of aromatic nitrogens is 4. The Morgan fingerprint density at radius 1 is 1.31 bits per heavy atom. The zero-order valence-corrected chi connectivity index (χ0v) is 17.4. The fourth-order valence-corrected chi connectivity index (χ4v) is 5.10. The van der Waals surface area contributed by atoms with Gasteiger partial charge < -0.3 is 9.64 Å². The summed E-state index contributed by atoms with van der Waals surface area (Å²) in [7, 11) is -0.312. The third-order valence-electron chi connectivity index (χ3n) is 4.45. The van der Waals surface area contributed by atoms with Gasteiger partial charge in [-0.25, -0.2) is 26.6 Å². The molecule has 0 bridgehead atoms. The van der Waals surface area contributed by atoms with E-state index in [-0.39, 0.29) is 23.2 Å². The quantitative estimate of drug-likeness (QED) is 0.620. The first kappa shape index (κ1) is 20.1. The highest BCUT2D eigenvalue weighted by molar-refractivity contribution is 7.89. The van der Waals surface area contributed by atoms with Crippen LogP contribution in [0.5, 0.6) is 0 Å². The molecule has 0 radical (unpaired) electrons. The minimum Gasteiger partial charge on any atom is -0.377 e. The van der Waals surface area contributed by atoms with Gasteiger partial charge in [0, 0.05) is 25.2 Å². The van der Waals surface area contributed by atoms with Gasteiger partial charge in [-0.05, 0) is 19.1 Å². The van der Waals surface area contributed by atoms with Gasteiger partial charge in [0.05, 0.1) is 35.4 Å². The lowest BCUT2D eigenvalue weighted by atomic mass is 10.0. The Balaban J connectivity index is 1.86. The van der Waals surface area contributed by atoms with Crippen molar-refractivity contribution >= 4 is 38.0 Å². The topological polar surface area (TPSA) is 102 Å². The zero-order valence-electron chi connectivity index (χ0n) is 15.8. The first-order valence-electron chi connectivity index (χ1n) is 8.52. The van der Waals surface area contributed by atoms with Crippen LogP contribution in [0.15, 0.2) is 23.2 Å². The molecule has 0 saturated carbocycles. The van der Waals surface area contributed by atoms with Gasteiger partial charge in [-0.15, -0.1) is 10.2 Å². The van der Waals surface area contributed by atoms with Crippen LogP contribution < -0.4 is 9.62 Å². The molecule has 1 aliphatic rings. The summed E-state index contributed by atoms with van der Waals surface area (Å²) < 4.78 is 60.9. The smallest absolute Gasteiger partial charge is 0.291 e. The Morgan fingerprint density at radius 2 is 2.03 bits per heavy atom. The summed E-state index contributed by atoms with van der Waals surface area (Å²) in [5.41, 5.74) is 0.365. The van der Waals surface area contributed by atoms with Crippen molar-refractivity contribution in [2.75, 3.05) is 32.2 Å². The second-order valence-corrected chi connectivity index (χ2v) is 9.88. The van der Waals surface area contributed by atoms with Gasteiger partial charge in [0.1, 0.15) is 0 Å². The van der Waals surface area contributed by atoms with Gasteiger partial charge >= 0.3 is 0 Å². The minimum absolute atomic E-state index is 0.0298. The van der Waals surface area contributed by atoms with Crippen LogP contribution in [0.4, 0.5) is 14.5 Å². The van der Waals surface area contributed by atoms with Gasteiger partial charge in [0.25, 0.3) is 6.43 Å². The SMILES string of the molecule is CN(C)c1cc(S(=O)(=O)NC2(C)COC2)cc2c1cnn2-c1nnc(C(F)F)s1. The predicted molar refractivity (Wildman–Crippen MR) is 103 cm³/mol. The van der Waals surface area contributed by atoms with Gasteiger partial charge in [-0.3, -0.25) is 0 Å². The number of hydrogen-bond acceptors (Lipinski definition) is 8. The maximum atomic E-state index is 13.0. The minimum atomic E-state index is -3.86. The number of nitrogens with zero attached hydrogens (tertiary/aromatic N) is 5. The summed E-state index contributed by atoms with van der Waals surface area (Å²) in [4.78, 5) is 1.79. The molecule has 4 rings (SSSR count). The molecule has 1 aliphatic heterocycles. The van der Waals surface area contributed by atoms with Crippen molar-refractivity contribution < 1.29 is 21.9 Å². The van der Waals surface area contributed by atoms with E-state index >= 15 is 0 Å². The number of benzene rings is 1. The first-order chi connectivity index (χ1) is 13.6. The molecule has 156 valence electrons. The number of hydrogen-bond donors (Lipinski definition) is 1. The van der Waals surface area contributed by atoms with Crippen molar-refractivity contribution in [2.24, 2.45) is 0 Å². The van der Waals surface area contributed by atoms with Crippen LogP contribution in [0.25, 0.3) is 16.0 Å². The monoisotopic (exact) mass is 444 g/mol. The number of sulfonamides is 1. The van der Waals surface area contributed by atoms with E-state index in [0.29, 0.717) is 27.9 Å². The molecule has 0 spiro atoms. The number of ether oxygens (including phenoxy) is 1. The standard InChI is InChI=1S/C16H18F2N6O3S2/c1-16(7-27-8-16)22-29(25,26)9-4-11(23(2)3)10-6-19-24(12(10)5-9)15-21-20-14(28-15)13(17)18/h4-6,13,22H,7-8H2,1-3H3. The van der Waals surface area contributed by atoms with Crippen LogP contribution in [-0.2, 0) is 14.8 Å². The van der Waals surface area contributed by atoms with E-state index in [4.69, 9.17) is 4.74 Å². The van der Waals surface area contributed by atoms with E-state index in [1.54, 1.807) is 38.2 Å². The third-order valence-corrected chi connectivity index (χ3v) is 6.98. The highest BCUT2D eigenvalue weighted by atomic mass is 32.2. The lowest BCUT2D eigenvalue weighted by Crippen LogP contribution is -2.59. The van der Waals surface area contributed by atoms with Crippen molar-refractivity contribution in [3.63, 3.8) is 0 Å². The van der Waals surface area contributed by atoms with E-state index in [0.717, 1.165) is 0 Å². The zero-order chi connectivity index (χ0) is 21.0. The molecular formula is C16H18F2N6O3S2. The average Bonchev–Trinajstić information content (AvgIpc) is 3.25. The van der Waals surface area contributed by atoms with Gasteiger partial charge in [-0.2, -0.15) is 5.10 Å². The van der Waals surface area contributed by atoms with E-state index in [9.17, 15) is 17.2 Å². The van der Waals surface area contributed by atoms with E-state index in [2.05, 4.69) is 20.0 Å². The van der Waals surface area contributed by atoms with E-state index in [1.165, 1.54) is 10.7 Å². The average molecular weight is 444 g/mol. The largest absolute Gasteiger partial charge is 0.377 e. The van der Waals surface area contributed by atoms with Crippen molar-refractivity contribution in [1.82, 2.24) is 24.7 Å². The van der Waals surface area contributed by atoms with Crippen LogP contribution >= 0.6 is 11.3 Å². The molecule has 1 saturated heterocycles. The molecule has 1 aromatic carbocycles. The predicted octanol–water partition coefficient (Wildman–Crippen LogP) is 1.95. The fourth-order valence-electron chi connectivity index (χ4n) is 3.01. The van der Waals surface area contributed by atoms with Gasteiger partial charge in [0.2, 0.25) is 15.2 Å². The van der Waals surface area contributed by atoms with Crippen LogP contribution in [-0.4, -0.2) is 61.2 Å². The normalized spacial score (nSPS) is 16.3. The molecular weight excluding hydrogens is 426 g/mol. The Kier molecular flexibility index (Phi) is 4.80. The van der Waals surface area contributed by atoms with E-state index < -0.39 is 27.0 Å².